The van der Waals surface area contributed by atoms with E-state index in [1.165, 1.54) is 6.20 Å². The normalized spacial score (nSPS) is 12.0. The van der Waals surface area contributed by atoms with Gasteiger partial charge in [0, 0.05) is 29.2 Å². The summed E-state index contributed by atoms with van der Waals surface area (Å²) in [5, 5.41) is 1.25. The minimum absolute atomic E-state index is 0.142. The zero-order chi connectivity index (χ0) is 20.8. The van der Waals surface area contributed by atoms with E-state index in [0.29, 0.717) is 22.5 Å². The molecule has 152 valence electrons. The van der Waals surface area contributed by atoms with Gasteiger partial charge in [0.2, 0.25) is 0 Å². The molecular weight excluding hydrogens is 413 g/mol. The Morgan fingerprint density at radius 3 is 2.69 bits per heavy atom. The van der Waals surface area contributed by atoms with E-state index in [1.807, 2.05) is 10.8 Å². The van der Waals surface area contributed by atoms with Crippen LogP contribution in [0.4, 0.5) is 19.0 Å². The Labute approximate surface area is 161 Å². The summed E-state index contributed by atoms with van der Waals surface area (Å²) < 4.78 is 75.7. The molecule has 3 heterocycles. The Bertz CT molecular complexity index is 1320. The second-order valence-corrected chi connectivity index (χ2v) is 7.54. The smallest absolute Gasteiger partial charge is 0.387 e. The van der Waals surface area contributed by atoms with Crippen LogP contribution in [0, 0.1) is 5.82 Å². The molecule has 0 spiro atoms. The topological polar surface area (TPSA) is 109 Å². The number of H-pyrrole nitrogens is 2. The summed E-state index contributed by atoms with van der Waals surface area (Å²) in [6, 6.07) is 5.74. The van der Waals surface area contributed by atoms with Gasteiger partial charge < -0.3 is 19.4 Å². The number of nitrogens with one attached hydrogen (secondary N) is 3. The lowest BCUT2D eigenvalue weighted by molar-refractivity contribution is -0.0517. The largest absolute Gasteiger partial charge is 0.478 e. The third kappa shape index (κ3) is 3.31. The van der Waals surface area contributed by atoms with Crippen molar-refractivity contribution in [1.29, 1.82) is 0 Å². The molecule has 0 aliphatic rings. The Balaban J connectivity index is 1.75. The summed E-state index contributed by atoms with van der Waals surface area (Å²) in [5.41, 5.74) is 1.27. The van der Waals surface area contributed by atoms with Gasteiger partial charge in [0.1, 0.15) is 4.90 Å². The summed E-state index contributed by atoms with van der Waals surface area (Å²) in [4.78, 5) is 9.35. The number of aromatic nitrogens is 3. The van der Waals surface area contributed by atoms with E-state index in [4.69, 9.17) is 4.74 Å². The summed E-state index contributed by atoms with van der Waals surface area (Å²) in [6.45, 7) is -3.23. The van der Waals surface area contributed by atoms with E-state index >= 15 is 0 Å². The highest BCUT2D eigenvalue weighted by molar-refractivity contribution is 7.93. The van der Waals surface area contributed by atoms with Crippen molar-refractivity contribution >= 4 is 37.6 Å². The maximum atomic E-state index is 14.3. The van der Waals surface area contributed by atoms with E-state index in [0.717, 1.165) is 12.5 Å². The molecule has 0 unspecified atom stereocenters. The molecule has 1 aromatic carbocycles. The predicted octanol–water partition coefficient (Wildman–Crippen LogP) is 3.59. The predicted molar refractivity (Wildman–Crippen MR) is 98.3 cm³/mol. The van der Waals surface area contributed by atoms with Crippen LogP contribution >= 0.6 is 0 Å². The highest BCUT2D eigenvalue weighted by Gasteiger charge is 2.24. The number of ether oxygens (including phenoxy) is 2. The van der Waals surface area contributed by atoms with E-state index in [1.54, 1.807) is 18.3 Å². The molecular formula is C17H13F3N4O4S. The number of sulfonamides is 1. The molecule has 4 aromatic rings. The van der Waals surface area contributed by atoms with Gasteiger partial charge >= 0.3 is 6.61 Å². The van der Waals surface area contributed by atoms with Crippen molar-refractivity contribution in [2.45, 2.75) is 11.5 Å². The zero-order valence-corrected chi connectivity index (χ0v) is 15.5. The Morgan fingerprint density at radius 1 is 1.17 bits per heavy atom. The van der Waals surface area contributed by atoms with Gasteiger partial charge in [-0.1, -0.05) is 12.1 Å². The summed E-state index contributed by atoms with van der Waals surface area (Å²) in [7, 11) is -3.18. The molecule has 0 bridgehead atoms. The van der Waals surface area contributed by atoms with Crippen molar-refractivity contribution in [1.82, 2.24) is 15.0 Å². The van der Waals surface area contributed by atoms with Crippen molar-refractivity contribution < 1.29 is 31.1 Å². The SMILES string of the molecule is COc1nc(NS(=O)(=O)c2c[nH]c3c2ccc2cc[nH]c23)c(F)cc1OC(F)F. The van der Waals surface area contributed by atoms with Gasteiger partial charge in [-0.2, -0.15) is 13.8 Å². The van der Waals surface area contributed by atoms with Crippen molar-refractivity contribution in [3.63, 3.8) is 0 Å². The molecule has 0 atom stereocenters. The molecule has 0 aliphatic heterocycles. The van der Waals surface area contributed by atoms with Gasteiger partial charge in [0.05, 0.1) is 18.1 Å². The average Bonchev–Trinajstić information content (AvgIpc) is 3.29. The number of nitrogens with zero attached hydrogens (tertiary/aromatic N) is 1. The lowest BCUT2D eigenvalue weighted by atomic mass is 10.2. The lowest BCUT2D eigenvalue weighted by Gasteiger charge is -2.12. The third-order valence-corrected chi connectivity index (χ3v) is 5.56. The van der Waals surface area contributed by atoms with Crippen LogP contribution in [-0.4, -0.2) is 37.1 Å². The standard InChI is InChI=1S/C17H13F3N4O4S/c1-27-16-11(28-17(19)20)6-10(18)15(23-16)24-29(25,26)12-7-22-14-9(12)3-2-8-4-5-21-13(8)14/h2-7,17,21-22H,1H3,(H,23,24). The summed E-state index contributed by atoms with van der Waals surface area (Å²) in [6.07, 6.45) is 2.97. The molecule has 0 aliphatic carbocycles. The van der Waals surface area contributed by atoms with E-state index in [9.17, 15) is 21.6 Å². The van der Waals surface area contributed by atoms with Crippen LogP contribution in [0.25, 0.3) is 21.8 Å². The maximum absolute atomic E-state index is 14.3. The van der Waals surface area contributed by atoms with Gasteiger partial charge in [0.15, 0.2) is 17.4 Å². The van der Waals surface area contributed by atoms with Crippen molar-refractivity contribution in [3.05, 3.63) is 42.5 Å². The highest BCUT2D eigenvalue weighted by atomic mass is 32.2. The first-order valence-corrected chi connectivity index (χ1v) is 9.58. The molecule has 3 N–H and O–H groups in total. The number of rotatable bonds is 6. The lowest BCUT2D eigenvalue weighted by Crippen LogP contribution is -2.15. The fraction of sp³-hybridized carbons (Fsp3) is 0.118. The number of benzene rings is 1. The summed E-state index contributed by atoms with van der Waals surface area (Å²) in [5.74, 6) is -3.10. The minimum atomic E-state index is -4.27. The molecule has 3 aromatic heterocycles. The number of halogens is 3. The highest BCUT2D eigenvalue weighted by Crippen LogP contribution is 2.33. The number of aromatic amines is 2. The van der Waals surface area contributed by atoms with E-state index < -0.39 is 39.9 Å². The van der Waals surface area contributed by atoms with Crippen LogP contribution in [0.2, 0.25) is 0 Å². The van der Waals surface area contributed by atoms with Crippen LogP contribution in [0.3, 0.4) is 0 Å². The minimum Gasteiger partial charge on any atom is -0.478 e. The molecule has 29 heavy (non-hydrogen) atoms. The van der Waals surface area contributed by atoms with Gasteiger partial charge in [-0.05, 0) is 6.07 Å². The number of hydrogen-bond acceptors (Lipinski definition) is 5. The van der Waals surface area contributed by atoms with Crippen LogP contribution in [-0.2, 0) is 10.0 Å². The molecule has 0 saturated heterocycles. The number of methoxy groups -OCH3 is 1. The molecule has 0 radical (unpaired) electrons. The number of hydrogen-bond donors (Lipinski definition) is 3. The third-order valence-electron chi connectivity index (χ3n) is 4.18. The second kappa shape index (κ2) is 6.88. The molecule has 4 rings (SSSR count). The molecule has 0 saturated carbocycles. The van der Waals surface area contributed by atoms with Gasteiger partial charge in [-0.15, -0.1) is 0 Å². The Hall–Kier alpha value is -3.41. The number of pyridine rings is 1. The fourth-order valence-corrected chi connectivity index (χ4v) is 4.14. The quantitative estimate of drug-likeness (QED) is 0.437. The maximum Gasteiger partial charge on any atom is 0.387 e. The van der Waals surface area contributed by atoms with Crippen LogP contribution < -0.4 is 14.2 Å². The number of alkyl halides is 2. The van der Waals surface area contributed by atoms with Crippen LogP contribution in [0.1, 0.15) is 0 Å². The van der Waals surface area contributed by atoms with Crippen LogP contribution in [0.5, 0.6) is 11.6 Å². The van der Waals surface area contributed by atoms with Crippen LogP contribution in [0.15, 0.2) is 41.6 Å². The van der Waals surface area contributed by atoms with E-state index in [-0.39, 0.29) is 4.90 Å². The average molecular weight is 426 g/mol. The molecule has 0 fully saturated rings. The Morgan fingerprint density at radius 2 is 1.97 bits per heavy atom. The first-order valence-electron chi connectivity index (χ1n) is 8.09. The van der Waals surface area contributed by atoms with Gasteiger partial charge in [-0.25, -0.2) is 12.8 Å². The first kappa shape index (κ1) is 18.9. The summed E-state index contributed by atoms with van der Waals surface area (Å²) >= 11 is 0. The fourth-order valence-electron chi connectivity index (χ4n) is 2.96. The van der Waals surface area contributed by atoms with Crippen molar-refractivity contribution in [3.8, 4) is 11.6 Å². The van der Waals surface area contributed by atoms with Crippen molar-refractivity contribution in [2.24, 2.45) is 0 Å². The molecule has 0 amide bonds. The Kier molecular flexibility index (Phi) is 4.49. The van der Waals surface area contributed by atoms with Gasteiger partial charge in [0.25, 0.3) is 15.9 Å². The molecule has 12 heteroatoms. The van der Waals surface area contributed by atoms with Gasteiger partial charge in [-0.3, -0.25) is 4.72 Å². The number of fused-ring (bicyclic) bond motifs is 3. The zero-order valence-electron chi connectivity index (χ0n) is 14.7. The molecule has 8 nitrogen and oxygen atoms in total. The first-order chi connectivity index (χ1) is 13.8. The van der Waals surface area contributed by atoms with Crippen molar-refractivity contribution in [2.75, 3.05) is 11.8 Å². The monoisotopic (exact) mass is 426 g/mol. The number of anilines is 1. The van der Waals surface area contributed by atoms with E-state index in [2.05, 4.69) is 19.7 Å². The second-order valence-electron chi connectivity index (χ2n) is 5.89.